The highest BCUT2D eigenvalue weighted by Gasteiger charge is 2.31. The zero-order chi connectivity index (χ0) is 21.7. The number of hydrogen-bond donors (Lipinski definition) is 1. The van der Waals surface area contributed by atoms with E-state index in [1.807, 2.05) is 13.8 Å². The van der Waals surface area contributed by atoms with Crippen LogP contribution in [0.25, 0.3) is 0 Å². The molecule has 7 heteroatoms. The molecule has 0 bridgehead atoms. The summed E-state index contributed by atoms with van der Waals surface area (Å²) in [6, 6.07) is 5.17. The molecule has 1 aromatic rings. The highest BCUT2D eigenvalue weighted by atomic mass is 32.2. The number of sulfone groups is 1. The highest BCUT2D eigenvalue weighted by Crippen LogP contribution is 2.34. The predicted octanol–water partition coefficient (Wildman–Crippen LogP) is 3.77. The molecular weight excluding hydrogens is 400 g/mol. The summed E-state index contributed by atoms with van der Waals surface area (Å²) in [5, 5.41) is 3.04. The molecule has 2 aliphatic rings. The first-order valence-electron chi connectivity index (χ1n) is 11.3. The molecule has 6 nitrogen and oxygen atoms in total. The Hall–Kier alpha value is -1.89. The normalized spacial score (nSPS) is 20.3. The molecule has 2 amide bonds. The Balaban J connectivity index is 1.61. The molecule has 166 valence electrons. The molecule has 1 atom stereocenters. The average Bonchev–Trinajstić information content (AvgIpc) is 3.02. The van der Waals surface area contributed by atoms with Gasteiger partial charge in [0.05, 0.1) is 10.6 Å². The minimum atomic E-state index is -3.56. The van der Waals surface area contributed by atoms with Crippen LogP contribution in [0.4, 0.5) is 5.69 Å². The summed E-state index contributed by atoms with van der Waals surface area (Å²) in [6.45, 7) is 3.80. The van der Waals surface area contributed by atoms with Gasteiger partial charge >= 0.3 is 0 Å². The lowest BCUT2D eigenvalue weighted by Gasteiger charge is -2.22. The van der Waals surface area contributed by atoms with Gasteiger partial charge in [0.1, 0.15) is 0 Å². The standard InChI is InChI=1S/C23H34N2O4S/c1-3-23(27)25-17(2)15-18-16-20(11-12-21(18)25)30(28,29)14-13-22(26)24-19-9-7-5-4-6-8-10-19/h11-12,16-17,19H,3-10,13-15H2,1-2H3,(H,24,26)/t17-/m1/s1. The Morgan fingerprint density at radius 1 is 1.10 bits per heavy atom. The Bertz CT molecular complexity index is 873. The first-order valence-corrected chi connectivity index (χ1v) is 12.9. The number of carbonyl (C=O) groups is 2. The molecule has 1 aliphatic carbocycles. The van der Waals surface area contributed by atoms with E-state index in [1.165, 1.54) is 19.3 Å². The van der Waals surface area contributed by atoms with Crippen LogP contribution < -0.4 is 10.2 Å². The molecular formula is C23H34N2O4S. The van der Waals surface area contributed by atoms with Crippen LogP contribution in [-0.2, 0) is 25.8 Å². The molecule has 3 rings (SSSR count). The van der Waals surface area contributed by atoms with Crippen molar-refractivity contribution in [3.63, 3.8) is 0 Å². The van der Waals surface area contributed by atoms with Gasteiger partial charge in [0.15, 0.2) is 9.84 Å². The lowest BCUT2D eigenvalue weighted by Crippen LogP contribution is -2.36. The number of rotatable bonds is 6. The van der Waals surface area contributed by atoms with Crippen LogP contribution in [-0.4, -0.2) is 38.1 Å². The van der Waals surface area contributed by atoms with Gasteiger partial charge in [-0.05, 0) is 49.9 Å². The summed E-state index contributed by atoms with van der Waals surface area (Å²) in [5.74, 6) is -0.335. The van der Waals surface area contributed by atoms with Crippen LogP contribution in [0.15, 0.2) is 23.1 Å². The third-order valence-electron chi connectivity index (χ3n) is 6.26. The molecule has 1 aliphatic heterocycles. The predicted molar refractivity (Wildman–Crippen MR) is 118 cm³/mol. The molecule has 0 saturated heterocycles. The van der Waals surface area contributed by atoms with Gasteiger partial charge in [0.2, 0.25) is 11.8 Å². The molecule has 1 N–H and O–H groups in total. The monoisotopic (exact) mass is 434 g/mol. The van der Waals surface area contributed by atoms with E-state index < -0.39 is 9.84 Å². The second kappa shape index (κ2) is 9.94. The van der Waals surface area contributed by atoms with Crippen molar-refractivity contribution in [3.8, 4) is 0 Å². The third-order valence-corrected chi connectivity index (χ3v) is 7.98. The van der Waals surface area contributed by atoms with Crippen molar-refractivity contribution in [3.05, 3.63) is 23.8 Å². The molecule has 1 heterocycles. The van der Waals surface area contributed by atoms with Crippen LogP contribution in [0.1, 0.15) is 77.2 Å². The Kier molecular flexibility index (Phi) is 7.55. The van der Waals surface area contributed by atoms with E-state index in [2.05, 4.69) is 5.32 Å². The molecule has 0 spiro atoms. The topological polar surface area (TPSA) is 83.6 Å². The van der Waals surface area contributed by atoms with E-state index in [4.69, 9.17) is 0 Å². The van der Waals surface area contributed by atoms with Crippen LogP contribution in [0, 0.1) is 0 Å². The largest absolute Gasteiger partial charge is 0.353 e. The summed E-state index contributed by atoms with van der Waals surface area (Å²) in [7, 11) is -3.56. The number of hydrogen-bond acceptors (Lipinski definition) is 4. The zero-order valence-electron chi connectivity index (χ0n) is 18.2. The van der Waals surface area contributed by atoms with Gasteiger partial charge in [0, 0.05) is 30.6 Å². The maximum atomic E-state index is 12.8. The summed E-state index contributed by atoms with van der Waals surface area (Å²) < 4.78 is 25.6. The van der Waals surface area contributed by atoms with Gasteiger partial charge in [-0.25, -0.2) is 8.42 Å². The van der Waals surface area contributed by atoms with Crippen molar-refractivity contribution in [1.29, 1.82) is 0 Å². The van der Waals surface area contributed by atoms with Gasteiger partial charge in [-0.15, -0.1) is 0 Å². The van der Waals surface area contributed by atoms with Gasteiger partial charge in [-0.3, -0.25) is 9.59 Å². The van der Waals surface area contributed by atoms with Gasteiger partial charge in [0.25, 0.3) is 0 Å². The summed E-state index contributed by atoms with van der Waals surface area (Å²) in [4.78, 5) is 26.6. The van der Waals surface area contributed by atoms with Gasteiger partial charge in [-0.2, -0.15) is 0 Å². The molecule has 0 aromatic heterocycles. The van der Waals surface area contributed by atoms with Gasteiger partial charge < -0.3 is 10.2 Å². The van der Waals surface area contributed by atoms with Crippen molar-refractivity contribution in [1.82, 2.24) is 5.32 Å². The fraction of sp³-hybridized carbons (Fsp3) is 0.652. The third kappa shape index (κ3) is 5.42. The van der Waals surface area contributed by atoms with Crippen molar-refractivity contribution in [2.24, 2.45) is 0 Å². The van der Waals surface area contributed by atoms with Crippen molar-refractivity contribution >= 4 is 27.3 Å². The molecule has 30 heavy (non-hydrogen) atoms. The Labute approximate surface area is 180 Å². The second-order valence-electron chi connectivity index (χ2n) is 8.64. The summed E-state index contributed by atoms with van der Waals surface area (Å²) in [5.41, 5.74) is 1.68. The number of anilines is 1. The van der Waals surface area contributed by atoms with Crippen LogP contribution in [0.3, 0.4) is 0 Å². The minimum Gasteiger partial charge on any atom is -0.353 e. The fourth-order valence-electron chi connectivity index (χ4n) is 4.60. The maximum absolute atomic E-state index is 12.8. The molecule has 1 fully saturated rings. The molecule has 0 radical (unpaired) electrons. The summed E-state index contributed by atoms with van der Waals surface area (Å²) in [6.07, 6.45) is 8.92. The lowest BCUT2D eigenvalue weighted by molar-refractivity contribution is -0.121. The highest BCUT2D eigenvalue weighted by molar-refractivity contribution is 7.91. The minimum absolute atomic E-state index is 0.0211. The van der Waals surface area contributed by atoms with E-state index in [1.54, 1.807) is 23.1 Å². The zero-order valence-corrected chi connectivity index (χ0v) is 19.0. The number of amides is 2. The van der Waals surface area contributed by atoms with E-state index in [-0.39, 0.29) is 41.0 Å². The number of carbonyl (C=O) groups excluding carboxylic acids is 2. The van der Waals surface area contributed by atoms with E-state index in [9.17, 15) is 18.0 Å². The van der Waals surface area contributed by atoms with E-state index in [0.717, 1.165) is 36.9 Å². The SMILES string of the molecule is CCC(=O)N1c2ccc(S(=O)(=O)CCC(=O)NC3CCCCCCC3)cc2C[C@H]1C. The molecule has 1 aromatic carbocycles. The van der Waals surface area contributed by atoms with Crippen LogP contribution in [0.2, 0.25) is 0 Å². The smallest absolute Gasteiger partial charge is 0.226 e. The van der Waals surface area contributed by atoms with Crippen LogP contribution in [0.5, 0.6) is 0 Å². The Morgan fingerprint density at radius 2 is 1.77 bits per heavy atom. The second-order valence-corrected chi connectivity index (χ2v) is 10.7. The molecule has 0 unspecified atom stereocenters. The van der Waals surface area contributed by atoms with Crippen molar-refractivity contribution in [2.45, 2.75) is 95.0 Å². The fourth-order valence-corrected chi connectivity index (χ4v) is 5.88. The number of nitrogens with one attached hydrogen (secondary N) is 1. The first kappa shape index (κ1) is 22.8. The quantitative estimate of drug-likeness (QED) is 0.739. The van der Waals surface area contributed by atoms with Gasteiger partial charge in [-0.1, -0.05) is 39.0 Å². The summed E-state index contributed by atoms with van der Waals surface area (Å²) >= 11 is 0. The number of fused-ring (bicyclic) bond motifs is 1. The molecule has 1 saturated carbocycles. The Morgan fingerprint density at radius 3 is 2.43 bits per heavy atom. The maximum Gasteiger partial charge on any atom is 0.226 e. The lowest BCUT2D eigenvalue weighted by atomic mass is 9.97. The van der Waals surface area contributed by atoms with E-state index >= 15 is 0 Å². The number of benzene rings is 1. The van der Waals surface area contributed by atoms with E-state index in [0.29, 0.717) is 12.8 Å². The van der Waals surface area contributed by atoms with Crippen molar-refractivity contribution < 1.29 is 18.0 Å². The van der Waals surface area contributed by atoms with Crippen molar-refractivity contribution in [2.75, 3.05) is 10.7 Å². The first-order chi connectivity index (χ1) is 14.3. The average molecular weight is 435 g/mol. The van der Waals surface area contributed by atoms with Crippen LogP contribution >= 0.6 is 0 Å². The number of nitrogens with zero attached hydrogens (tertiary/aromatic N) is 1.